The van der Waals surface area contributed by atoms with Crippen LogP contribution in [0.4, 0.5) is 4.39 Å². The first kappa shape index (κ1) is 17.5. The van der Waals surface area contributed by atoms with Crippen LogP contribution in [0.15, 0.2) is 78.1 Å². The molecular weight excluding hydrogens is 357 g/mol. The van der Waals surface area contributed by atoms with Crippen molar-refractivity contribution >= 4 is 22.8 Å². The lowest BCUT2D eigenvalue weighted by Crippen LogP contribution is -2.18. The maximum Gasteiger partial charge on any atom is 0.260 e. The van der Waals surface area contributed by atoms with Gasteiger partial charge >= 0.3 is 0 Å². The van der Waals surface area contributed by atoms with Gasteiger partial charge in [0, 0.05) is 34.4 Å². The molecule has 0 unspecified atom stereocenters. The Morgan fingerprint density at radius 3 is 2.54 bits per heavy atom. The van der Waals surface area contributed by atoms with Crippen molar-refractivity contribution in [1.82, 2.24) is 15.0 Å². The Bertz CT molecular complexity index is 1250. The second-order valence-corrected chi connectivity index (χ2v) is 6.13. The Hall–Kier alpha value is -3.93. The zero-order valence-electron chi connectivity index (χ0n) is 14.6. The number of pyridine rings is 1. The molecule has 0 atom stereocenters. The second-order valence-electron chi connectivity index (χ2n) is 6.13. The standard InChI is InChI=1S/C22H14FN3O2/c23-16-7-8-18-17(10-16)20(15-4-2-1-3-5-15)21(22(28)26-18)19(27)9-6-14-11-24-13-25-12-14/h1-13H,(H,26,28)/b9-6+. The zero-order chi connectivity index (χ0) is 19.5. The van der Waals surface area contributed by atoms with E-state index in [0.717, 1.165) is 0 Å². The number of fused-ring (bicyclic) bond motifs is 1. The van der Waals surface area contributed by atoms with Crippen molar-refractivity contribution in [3.63, 3.8) is 0 Å². The summed E-state index contributed by atoms with van der Waals surface area (Å²) >= 11 is 0. The zero-order valence-corrected chi connectivity index (χ0v) is 14.6. The van der Waals surface area contributed by atoms with Crippen LogP contribution in [-0.4, -0.2) is 20.7 Å². The molecule has 5 nitrogen and oxygen atoms in total. The van der Waals surface area contributed by atoms with E-state index in [1.165, 1.54) is 36.7 Å². The highest BCUT2D eigenvalue weighted by Gasteiger charge is 2.19. The van der Waals surface area contributed by atoms with Crippen LogP contribution in [0.2, 0.25) is 0 Å². The molecular formula is C22H14FN3O2. The number of nitrogens with one attached hydrogen (secondary N) is 1. The van der Waals surface area contributed by atoms with Gasteiger partial charge in [0.15, 0.2) is 5.78 Å². The molecule has 0 saturated heterocycles. The van der Waals surface area contributed by atoms with E-state index in [-0.39, 0.29) is 5.56 Å². The van der Waals surface area contributed by atoms with Crippen molar-refractivity contribution in [1.29, 1.82) is 0 Å². The van der Waals surface area contributed by atoms with Crippen molar-refractivity contribution in [2.75, 3.05) is 0 Å². The smallest absolute Gasteiger partial charge is 0.260 e. The van der Waals surface area contributed by atoms with Gasteiger partial charge in [-0.2, -0.15) is 0 Å². The Kier molecular flexibility index (Phi) is 4.60. The van der Waals surface area contributed by atoms with Crippen LogP contribution < -0.4 is 5.56 Å². The first-order chi connectivity index (χ1) is 13.6. The van der Waals surface area contributed by atoms with Gasteiger partial charge in [0.25, 0.3) is 5.56 Å². The van der Waals surface area contributed by atoms with Gasteiger partial charge in [0.05, 0.1) is 5.56 Å². The molecule has 2 aromatic carbocycles. The molecule has 0 radical (unpaired) electrons. The number of carbonyl (C=O) groups excluding carboxylic acids is 1. The van der Waals surface area contributed by atoms with E-state index in [1.54, 1.807) is 36.7 Å². The average Bonchev–Trinajstić information content (AvgIpc) is 2.73. The third-order valence-corrected chi connectivity index (χ3v) is 4.29. The van der Waals surface area contributed by atoms with E-state index >= 15 is 0 Å². The van der Waals surface area contributed by atoms with Gasteiger partial charge in [0.1, 0.15) is 12.1 Å². The normalized spacial score (nSPS) is 11.2. The summed E-state index contributed by atoms with van der Waals surface area (Å²) in [6.45, 7) is 0. The van der Waals surface area contributed by atoms with E-state index in [9.17, 15) is 14.0 Å². The molecule has 136 valence electrons. The van der Waals surface area contributed by atoms with Gasteiger partial charge in [-0.3, -0.25) is 9.59 Å². The fourth-order valence-electron chi connectivity index (χ4n) is 3.06. The van der Waals surface area contributed by atoms with Crippen LogP contribution in [0, 0.1) is 5.82 Å². The number of hydrogen-bond acceptors (Lipinski definition) is 4. The molecule has 0 aliphatic carbocycles. The molecule has 0 aliphatic heterocycles. The van der Waals surface area contributed by atoms with Gasteiger partial charge in [-0.25, -0.2) is 14.4 Å². The SMILES string of the molecule is O=C(/C=C/c1cncnc1)c1c(-c2ccccc2)c2cc(F)ccc2[nH]c1=O. The summed E-state index contributed by atoms with van der Waals surface area (Å²) in [4.78, 5) is 36.1. The van der Waals surface area contributed by atoms with Crippen LogP contribution in [0.1, 0.15) is 15.9 Å². The van der Waals surface area contributed by atoms with Gasteiger partial charge in [-0.05, 0) is 35.9 Å². The number of aromatic nitrogens is 3. The monoisotopic (exact) mass is 371 g/mol. The number of carbonyl (C=O) groups is 1. The van der Waals surface area contributed by atoms with Crippen LogP contribution in [-0.2, 0) is 0 Å². The number of rotatable bonds is 4. The van der Waals surface area contributed by atoms with E-state index < -0.39 is 17.2 Å². The van der Waals surface area contributed by atoms with Crippen LogP contribution in [0.5, 0.6) is 0 Å². The minimum absolute atomic E-state index is 0.0441. The highest BCUT2D eigenvalue weighted by molar-refractivity contribution is 6.15. The molecule has 0 fully saturated rings. The summed E-state index contributed by atoms with van der Waals surface area (Å²) in [6.07, 6.45) is 7.31. The number of halogens is 1. The summed E-state index contributed by atoms with van der Waals surface area (Å²) in [5.74, 6) is -0.942. The number of benzene rings is 2. The van der Waals surface area contributed by atoms with Gasteiger partial charge in [0.2, 0.25) is 0 Å². The molecule has 0 aliphatic rings. The number of nitrogens with zero attached hydrogens (tertiary/aromatic N) is 2. The number of aromatic amines is 1. The highest BCUT2D eigenvalue weighted by atomic mass is 19.1. The number of ketones is 1. The van der Waals surface area contributed by atoms with Crippen molar-refractivity contribution in [2.24, 2.45) is 0 Å². The Morgan fingerprint density at radius 1 is 1.04 bits per heavy atom. The van der Waals surface area contributed by atoms with Crippen LogP contribution in [0.25, 0.3) is 28.1 Å². The molecule has 0 bridgehead atoms. The predicted octanol–water partition coefficient (Wildman–Crippen LogP) is 4.02. The predicted molar refractivity (Wildman–Crippen MR) is 105 cm³/mol. The largest absolute Gasteiger partial charge is 0.321 e. The number of H-pyrrole nitrogens is 1. The Labute approximate surface area is 159 Å². The molecule has 1 N–H and O–H groups in total. The first-order valence-corrected chi connectivity index (χ1v) is 8.52. The first-order valence-electron chi connectivity index (χ1n) is 8.52. The molecule has 4 aromatic rings. The van der Waals surface area contributed by atoms with Crippen molar-refractivity contribution in [3.8, 4) is 11.1 Å². The van der Waals surface area contributed by atoms with E-state index in [2.05, 4.69) is 15.0 Å². The third kappa shape index (κ3) is 3.35. The molecule has 2 heterocycles. The van der Waals surface area contributed by atoms with E-state index in [0.29, 0.717) is 27.6 Å². The molecule has 0 spiro atoms. The molecule has 0 amide bonds. The van der Waals surface area contributed by atoms with Gasteiger partial charge in [-0.15, -0.1) is 0 Å². The summed E-state index contributed by atoms with van der Waals surface area (Å²) in [6, 6.07) is 13.1. The molecule has 4 rings (SSSR count). The lowest BCUT2D eigenvalue weighted by atomic mass is 9.94. The minimum atomic E-state index is -0.531. The molecule has 0 saturated carbocycles. The lowest BCUT2D eigenvalue weighted by molar-refractivity contribution is 0.104. The number of allylic oxidation sites excluding steroid dienone is 1. The minimum Gasteiger partial charge on any atom is -0.321 e. The van der Waals surface area contributed by atoms with Crippen molar-refractivity contribution in [3.05, 3.63) is 101 Å². The van der Waals surface area contributed by atoms with Crippen molar-refractivity contribution < 1.29 is 9.18 Å². The quantitative estimate of drug-likeness (QED) is 0.434. The second kappa shape index (κ2) is 7.36. The fraction of sp³-hybridized carbons (Fsp3) is 0. The Balaban J connectivity index is 1.95. The summed E-state index contributed by atoms with van der Waals surface area (Å²) < 4.78 is 13.9. The van der Waals surface area contributed by atoms with Crippen molar-refractivity contribution in [2.45, 2.75) is 0 Å². The Morgan fingerprint density at radius 2 is 1.79 bits per heavy atom. The highest BCUT2D eigenvalue weighted by Crippen LogP contribution is 2.30. The van der Waals surface area contributed by atoms with E-state index in [4.69, 9.17) is 0 Å². The lowest BCUT2D eigenvalue weighted by Gasteiger charge is -2.11. The van der Waals surface area contributed by atoms with Crippen LogP contribution >= 0.6 is 0 Å². The van der Waals surface area contributed by atoms with Gasteiger partial charge < -0.3 is 4.98 Å². The maximum absolute atomic E-state index is 13.9. The molecule has 2 aromatic heterocycles. The van der Waals surface area contributed by atoms with Crippen LogP contribution in [0.3, 0.4) is 0 Å². The van der Waals surface area contributed by atoms with E-state index in [1.807, 2.05) is 6.07 Å². The fourth-order valence-corrected chi connectivity index (χ4v) is 3.06. The summed E-state index contributed by atoms with van der Waals surface area (Å²) in [5, 5.41) is 0.464. The summed E-state index contributed by atoms with van der Waals surface area (Å²) in [7, 11) is 0. The summed E-state index contributed by atoms with van der Waals surface area (Å²) in [5.41, 5.74) is 1.57. The maximum atomic E-state index is 13.9. The topological polar surface area (TPSA) is 75.7 Å². The number of hydrogen-bond donors (Lipinski definition) is 1. The third-order valence-electron chi connectivity index (χ3n) is 4.29. The van der Waals surface area contributed by atoms with Gasteiger partial charge in [-0.1, -0.05) is 30.3 Å². The molecule has 28 heavy (non-hydrogen) atoms. The average molecular weight is 371 g/mol. The molecule has 6 heteroatoms.